The van der Waals surface area contributed by atoms with Gasteiger partial charge in [-0.2, -0.15) is 5.26 Å². The Morgan fingerprint density at radius 2 is 2.08 bits per heavy atom. The average Bonchev–Trinajstić information content (AvgIpc) is 3.16. The average molecular weight is 394 g/mol. The number of nitrogen functional groups attached to an aromatic ring is 1. The Labute approximate surface area is 156 Å². The predicted octanol–water partition coefficient (Wildman–Crippen LogP) is 2.15. The third-order valence-electron chi connectivity index (χ3n) is 2.95. The van der Waals surface area contributed by atoms with E-state index >= 15 is 0 Å². The summed E-state index contributed by atoms with van der Waals surface area (Å²) in [5.74, 6) is -1.72. The molecule has 0 radical (unpaired) electrons. The highest BCUT2D eigenvalue weighted by Crippen LogP contribution is 2.32. The van der Waals surface area contributed by atoms with Gasteiger partial charge in [-0.15, -0.1) is 22.7 Å². The number of nitrogens with one attached hydrogen (secondary N) is 1. The molecule has 11 heteroatoms. The van der Waals surface area contributed by atoms with Gasteiger partial charge in [-0.05, 0) is 6.92 Å². The zero-order chi connectivity index (χ0) is 19.3. The first-order chi connectivity index (χ1) is 12.4. The van der Waals surface area contributed by atoms with Crippen molar-refractivity contribution in [2.45, 2.75) is 20.5 Å². The van der Waals surface area contributed by atoms with Crippen molar-refractivity contribution in [1.29, 1.82) is 5.26 Å². The maximum atomic E-state index is 12.1. The fourth-order valence-electron chi connectivity index (χ4n) is 1.89. The molecule has 0 saturated carbocycles. The van der Waals surface area contributed by atoms with E-state index in [2.05, 4.69) is 10.3 Å². The van der Waals surface area contributed by atoms with Crippen molar-refractivity contribution in [1.82, 2.24) is 4.98 Å². The molecular weight excluding hydrogens is 380 g/mol. The number of thiazole rings is 1. The zero-order valence-electron chi connectivity index (χ0n) is 13.8. The van der Waals surface area contributed by atoms with Crippen LogP contribution in [-0.2, 0) is 20.9 Å². The van der Waals surface area contributed by atoms with Crippen molar-refractivity contribution >= 4 is 50.7 Å². The second-order valence-electron chi connectivity index (χ2n) is 4.78. The predicted molar refractivity (Wildman–Crippen MR) is 94.9 cm³/mol. The molecule has 3 N–H and O–H groups in total. The molecule has 0 aliphatic rings. The number of hydrogen-bond donors (Lipinski definition) is 2. The number of ether oxygens (including phenoxy) is 2. The van der Waals surface area contributed by atoms with E-state index in [1.807, 2.05) is 6.07 Å². The first kappa shape index (κ1) is 19.4. The van der Waals surface area contributed by atoms with Gasteiger partial charge in [0.1, 0.15) is 22.6 Å². The fourth-order valence-corrected chi connectivity index (χ4v) is 3.54. The summed E-state index contributed by atoms with van der Waals surface area (Å²) < 4.78 is 10.1. The van der Waals surface area contributed by atoms with Crippen LogP contribution in [0.15, 0.2) is 5.38 Å². The molecule has 0 unspecified atom stereocenters. The topological polar surface area (TPSA) is 144 Å². The second kappa shape index (κ2) is 8.41. The van der Waals surface area contributed by atoms with Gasteiger partial charge < -0.3 is 20.5 Å². The second-order valence-corrected chi connectivity index (χ2v) is 6.69. The molecule has 0 saturated heterocycles. The number of hydrogen-bond acceptors (Lipinski definition) is 10. The number of thiophene rings is 1. The molecular formula is C15H14N4O5S2. The Kier molecular flexibility index (Phi) is 6.26. The van der Waals surface area contributed by atoms with Gasteiger partial charge in [-0.3, -0.25) is 4.79 Å². The van der Waals surface area contributed by atoms with Crippen LogP contribution in [0.1, 0.15) is 45.1 Å². The van der Waals surface area contributed by atoms with E-state index in [0.29, 0.717) is 0 Å². The van der Waals surface area contributed by atoms with Crippen molar-refractivity contribution in [3.8, 4) is 6.07 Å². The minimum Gasteiger partial charge on any atom is -0.462 e. The largest absolute Gasteiger partial charge is 0.462 e. The Balaban J connectivity index is 2.17. The molecule has 2 aromatic heterocycles. The smallest absolute Gasteiger partial charge is 0.358 e. The van der Waals surface area contributed by atoms with Crippen LogP contribution in [0.4, 0.5) is 10.1 Å². The van der Waals surface area contributed by atoms with Crippen molar-refractivity contribution in [2.75, 3.05) is 17.7 Å². The van der Waals surface area contributed by atoms with Gasteiger partial charge in [0.05, 0.1) is 12.2 Å². The third kappa shape index (κ3) is 4.35. The summed E-state index contributed by atoms with van der Waals surface area (Å²) in [5, 5.41) is 13.5. The Hall–Kier alpha value is -2.97. The minimum atomic E-state index is -0.763. The molecule has 0 aliphatic heterocycles. The Bertz CT molecular complexity index is 896. The summed E-state index contributed by atoms with van der Waals surface area (Å²) in [5.41, 5.74) is 6.01. The third-order valence-corrected chi connectivity index (χ3v) is 4.75. The normalized spacial score (nSPS) is 10.0. The number of anilines is 2. The molecule has 136 valence electrons. The molecule has 0 atom stereocenters. The van der Waals surface area contributed by atoms with Gasteiger partial charge in [0.2, 0.25) is 5.91 Å². The van der Waals surface area contributed by atoms with Crippen LogP contribution >= 0.6 is 22.7 Å². The highest BCUT2D eigenvalue weighted by Gasteiger charge is 2.24. The van der Waals surface area contributed by atoms with Crippen LogP contribution < -0.4 is 11.1 Å². The summed E-state index contributed by atoms with van der Waals surface area (Å²) in [7, 11) is 0. The summed E-state index contributed by atoms with van der Waals surface area (Å²) in [6.07, 6.45) is 0. The van der Waals surface area contributed by atoms with Gasteiger partial charge in [0, 0.05) is 17.9 Å². The monoisotopic (exact) mass is 394 g/mol. The summed E-state index contributed by atoms with van der Waals surface area (Å²) in [6, 6.07) is 1.90. The minimum absolute atomic E-state index is 0.00172. The number of esters is 2. The maximum absolute atomic E-state index is 12.1. The lowest BCUT2D eigenvalue weighted by molar-refractivity contribution is -0.114. The van der Waals surface area contributed by atoms with Crippen LogP contribution in [0.5, 0.6) is 0 Å². The molecule has 0 bridgehead atoms. The number of nitrogens with two attached hydrogens (primary N) is 1. The first-order valence-electron chi connectivity index (χ1n) is 7.25. The summed E-state index contributed by atoms with van der Waals surface area (Å²) >= 11 is 1.97. The number of aromatic nitrogens is 1. The van der Waals surface area contributed by atoms with Crippen molar-refractivity contribution in [3.63, 3.8) is 0 Å². The number of carbonyl (C=O) groups excluding carboxylic acids is 3. The molecule has 26 heavy (non-hydrogen) atoms. The van der Waals surface area contributed by atoms with E-state index in [0.717, 1.165) is 22.7 Å². The van der Waals surface area contributed by atoms with Gasteiger partial charge in [0.25, 0.3) is 0 Å². The van der Waals surface area contributed by atoms with Crippen LogP contribution in [0, 0.1) is 11.3 Å². The lowest BCUT2D eigenvalue weighted by atomic mass is 10.1. The Morgan fingerprint density at radius 1 is 1.35 bits per heavy atom. The summed E-state index contributed by atoms with van der Waals surface area (Å²) in [4.78, 5) is 39.1. The van der Waals surface area contributed by atoms with Gasteiger partial charge >= 0.3 is 11.9 Å². The molecule has 9 nitrogen and oxygen atoms in total. The maximum Gasteiger partial charge on any atom is 0.358 e. The van der Waals surface area contributed by atoms with Crippen LogP contribution in [0.2, 0.25) is 0 Å². The van der Waals surface area contributed by atoms with E-state index in [1.165, 1.54) is 12.3 Å². The standard InChI is InChI=1S/C15H14N4O5S2/c1-3-23-14(22)11-9(8(4-16)12(17)26-11)5-24-13(21)10-6-25-15(19-10)18-7(2)20/h6H,3,5,17H2,1-2H3,(H,18,19,20). The van der Waals surface area contributed by atoms with Crippen molar-refractivity contribution < 1.29 is 23.9 Å². The number of carbonyl (C=O) groups is 3. The Morgan fingerprint density at radius 3 is 2.69 bits per heavy atom. The molecule has 0 aromatic carbocycles. The van der Waals surface area contributed by atoms with E-state index in [9.17, 15) is 19.6 Å². The van der Waals surface area contributed by atoms with Crippen molar-refractivity contribution in [3.05, 3.63) is 27.1 Å². The van der Waals surface area contributed by atoms with E-state index < -0.39 is 11.9 Å². The SMILES string of the molecule is CCOC(=O)c1sc(N)c(C#N)c1COC(=O)c1csc(NC(C)=O)n1. The van der Waals surface area contributed by atoms with Crippen LogP contribution in [0.25, 0.3) is 0 Å². The van der Waals surface area contributed by atoms with Crippen LogP contribution in [0.3, 0.4) is 0 Å². The molecule has 2 aromatic rings. The first-order valence-corrected chi connectivity index (χ1v) is 8.95. The van der Waals surface area contributed by atoms with Crippen LogP contribution in [-0.4, -0.2) is 29.4 Å². The van der Waals surface area contributed by atoms with Crippen molar-refractivity contribution in [2.24, 2.45) is 0 Å². The molecule has 0 fully saturated rings. The number of nitrogens with zero attached hydrogens (tertiary/aromatic N) is 2. The van der Waals surface area contributed by atoms with E-state index in [-0.39, 0.29) is 51.0 Å². The quantitative estimate of drug-likeness (QED) is 0.709. The number of nitriles is 1. The number of amides is 1. The van der Waals surface area contributed by atoms with Gasteiger partial charge in [-0.25, -0.2) is 14.6 Å². The van der Waals surface area contributed by atoms with E-state index in [1.54, 1.807) is 6.92 Å². The van der Waals surface area contributed by atoms with Gasteiger partial charge in [-0.1, -0.05) is 0 Å². The molecule has 1 amide bonds. The fraction of sp³-hybridized carbons (Fsp3) is 0.267. The highest BCUT2D eigenvalue weighted by atomic mass is 32.1. The van der Waals surface area contributed by atoms with E-state index in [4.69, 9.17) is 15.2 Å². The lowest BCUT2D eigenvalue weighted by Gasteiger charge is -2.05. The molecule has 2 rings (SSSR count). The van der Waals surface area contributed by atoms with Gasteiger partial charge in [0.15, 0.2) is 10.8 Å². The molecule has 0 spiro atoms. The number of rotatable bonds is 6. The zero-order valence-corrected chi connectivity index (χ0v) is 15.5. The lowest BCUT2D eigenvalue weighted by Crippen LogP contribution is -2.11. The molecule has 0 aliphatic carbocycles. The summed E-state index contributed by atoms with van der Waals surface area (Å²) in [6.45, 7) is 2.79. The molecule has 2 heterocycles. The highest BCUT2D eigenvalue weighted by molar-refractivity contribution is 7.18.